The molecule has 0 aliphatic carbocycles. The monoisotopic (exact) mass is 328 g/mol. The number of fused-ring (bicyclic) bond motifs is 1. The van der Waals surface area contributed by atoms with E-state index < -0.39 is 0 Å². The quantitative estimate of drug-likeness (QED) is 0.677. The van der Waals surface area contributed by atoms with Crippen LogP contribution in [-0.4, -0.2) is 5.78 Å². The molecule has 100 valence electrons. The van der Waals surface area contributed by atoms with Crippen LogP contribution in [0.2, 0.25) is 0 Å². The first-order valence-electron chi connectivity index (χ1n) is 6.41. The van der Waals surface area contributed by atoms with Crippen molar-refractivity contribution in [3.8, 4) is 11.3 Å². The smallest absolute Gasteiger partial charge is 0.137 e. The van der Waals surface area contributed by atoms with Crippen LogP contribution < -0.4 is 0 Å². The standard InChI is InChI=1S/C17H13BrO2/c1-11(19)10-12-6-9-17(20-12)15-7-8-16(18)14-5-3-2-4-13(14)15/h2-9H,10H2,1H3. The minimum absolute atomic E-state index is 0.103. The molecule has 0 aliphatic heterocycles. The second kappa shape index (κ2) is 5.25. The van der Waals surface area contributed by atoms with E-state index in [0.29, 0.717) is 12.2 Å². The number of Topliss-reactive ketones (excluding diaryl/α,β-unsaturated/α-hetero) is 1. The zero-order chi connectivity index (χ0) is 14.1. The summed E-state index contributed by atoms with van der Waals surface area (Å²) < 4.78 is 6.85. The molecule has 3 heteroatoms. The van der Waals surface area contributed by atoms with Crippen LogP contribution >= 0.6 is 15.9 Å². The van der Waals surface area contributed by atoms with E-state index in [1.54, 1.807) is 6.92 Å². The van der Waals surface area contributed by atoms with Gasteiger partial charge in [0.1, 0.15) is 17.3 Å². The molecule has 0 spiro atoms. The van der Waals surface area contributed by atoms with E-state index in [9.17, 15) is 4.79 Å². The number of ketones is 1. The molecule has 2 aromatic carbocycles. The van der Waals surface area contributed by atoms with Crippen LogP contribution in [0.5, 0.6) is 0 Å². The maximum atomic E-state index is 11.1. The Hall–Kier alpha value is -1.87. The fourth-order valence-corrected chi connectivity index (χ4v) is 2.82. The van der Waals surface area contributed by atoms with Gasteiger partial charge in [0.25, 0.3) is 0 Å². The summed E-state index contributed by atoms with van der Waals surface area (Å²) in [6.07, 6.45) is 0.342. The van der Waals surface area contributed by atoms with Gasteiger partial charge in [-0.1, -0.05) is 40.2 Å². The van der Waals surface area contributed by atoms with Crippen LogP contribution in [-0.2, 0) is 11.2 Å². The molecule has 0 saturated heterocycles. The van der Waals surface area contributed by atoms with Gasteiger partial charge in [-0.3, -0.25) is 4.79 Å². The molecule has 3 rings (SSSR count). The van der Waals surface area contributed by atoms with E-state index in [1.807, 2.05) is 36.4 Å². The van der Waals surface area contributed by atoms with Gasteiger partial charge in [-0.25, -0.2) is 0 Å². The van der Waals surface area contributed by atoms with Crippen molar-refractivity contribution in [3.05, 3.63) is 58.8 Å². The predicted octanol–water partition coefficient (Wildman–Crippen LogP) is 4.99. The topological polar surface area (TPSA) is 30.2 Å². The van der Waals surface area contributed by atoms with Crippen molar-refractivity contribution in [2.24, 2.45) is 0 Å². The molecular weight excluding hydrogens is 316 g/mol. The van der Waals surface area contributed by atoms with E-state index >= 15 is 0 Å². The highest BCUT2D eigenvalue weighted by Crippen LogP contribution is 2.34. The fraction of sp³-hybridized carbons (Fsp3) is 0.118. The Kier molecular flexibility index (Phi) is 3.45. The lowest BCUT2D eigenvalue weighted by Crippen LogP contribution is -1.93. The molecule has 0 radical (unpaired) electrons. The predicted molar refractivity (Wildman–Crippen MR) is 83.7 cm³/mol. The molecule has 20 heavy (non-hydrogen) atoms. The number of hydrogen-bond donors (Lipinski definition) is 0. The molecule has 0 bridgehead atoms. The first-order chi connectivity index (χ1) is 9.65. The van der Waals surface area contributed by atoms with E-state index in [0.717, 1.165) is 26.6 Å². The Morgan fingerprint density at radius 2 is 1.80 bits per heavy atom. The Labute approximate surface area is 125 Å². The van der Waals surface area contributed by atoms with Gasteiger partial charge >= 0.3 is 0 Å². The molecule has 0 N–H and O–H groups in total. The highest BCUT2D eigenvalue weighted by atomic mass is 79.9. The van der Waals surface area contributed by atoms with E-state index in [2.05, 4.69) is 28.1 Å². The van der Waals surface area contributed by atoms with Gasteiger partial charge in [0.15, 0.2) is 0 Å². The Morgan fingerprint density at radius 3 is 2.55 bits per heavy atom. The SMILES string of the molecule is CC(=O)Cc1ccc(-c2ccc(Br)c3ccccc23)o1. The summed E-state index contributed by atoms with van der Waals surface area (Å²) in [5.41, 5.74) is 1.04. The van der Waals surface area contributed by atoms with Gasteiger partial charge in [0, 0.05) is 10.0 Å². The third kappa shape index (κ3) is 2.41. The maximum Gasteiger partial charge on any atom is 0.137 e. The van der Waals surface area contributed by atoms with Crippen molar-refractivity contribution in [1.29, 1.82) is 0 Å². The number of carbonyl (C=O) groups is 1. The number of rotatable bonds is 3. The second-order valence-electron chi connectivity index (χ2n) is 4.79. The van der Waals surface area contributed by atoms with Crippen molar-refractivity contribution in [2.45, 2.75) is 13.3 Å². The Bertz CT molecular complexity index is 787. The Balaban J connectivity index is 2.13. The summed E-state index contributed by atoms with van der Waals surface area (Å²) in [5, 5.41) is 2.28. The molecule has 0 saturated carbocycles. The Morgan fingerprint density at radius 1 is 1.05 bits per heavy atom. The maximum absolute atomic E-state index is 11.1. The largest absolute Gasteiger partial charge is 0.461 e. The van der Waals surface area contributed by atoms with Crippen molar-refractivity contribution in [1.82, 2.24) is 0 Å². The lowest BCUT2D eigenvalue weighted by molar-refractivity contribution is -0.116. The molecule has 0 aliphatic rings. The van der Waals surface area contributed by atoms with Gasteiger partial charge in [-0.15, -0.1) is 0 Å². The second-order valence-corrected chi connectivity index (χ2v) is 5.64. The third-order valence-corrected chi connectivity index (χ3v) is 3.91. The lowest BCUT2D eigenvalue weighted by atomic mass is 10.0. The van der Waals surface area contributed by atoms with Gasteiger partial charge in [0.2, 0.25) is 0 Å². The van der Waals surface area contributed by atoms with Gasteiger partial charge in [0.05, 0.1) is 6.42 Å². The van der Waals surface area contributed by atoms with Gasteiger partial charge in [-0.05, 0) is 42.0 Å². The zero-order valence-corrected chi connectivity index (χ0v) is 12.6. The van der Waals surface area contributed by atoms with E-state index in [-0.39, 0.29) is 5.78 Å². The van der Waals surface area contributed by atoms with Crippen LogP contribution in [0.3, 0.4) is 0 Å². The van der Waals surface area contributed by atoms with Crippen LogP contribution in [0.4, 0.5) is 0 Å². The normalized spacial score (nSPS) is 10.9. The molecule has 0 fully saturated rings. The number of benzene rings is 2. The van der Waals surface area contributed by atoms with Gasteiger partial charge < -0.3 is 4.42 Å². The average molecular weight is 329 g/mol. The summed E-state index contributed by atoms with van der Waals surface area (Å²) in [6, 6.07) is 16.0. The first-order valence-corrected chi connectivity index (χ1v) is 7.20. The van der Waals surface area contributed by atoms with E-state index in [1.165, 1.54) is 0 Å². The average Bonchev–Trinajstić information content (AvgIpc) is 2.87. The third-order valence-electron chi connectivity index (χ3n) is 3.22. The van der Waals surface area contributed by atoms with Crippen molar-refractivity contribution < 1.29 is 9.21 Å². The summed E-state index contributed by atoms with van der Waals surface area (Å²) >= 11 is 3.57. The summed E-state index contributed by atoms with van der Waals surface area (Å²) in [7, 11) is 0. The number of halogens is 1. The first kappa shape index (κ1) is 13.1. The van der Waals surface area contributed by atoms with Crippen molar-refractivity contribution in [3.63, 3.8) is 0 Å². The van der Waals surface area contributed by atoms with Crippen molar-refractivity contribution in [2.75, 3.05) is 0 Å². The molecule has 0 atom stereocenters. The number of hydrogen-bond acceptors (Lipinski definition) is 2. The molecule has 0 amide bonds. The summed E-state index contributed by atoms with van der Waals surface area (Å²) in [4.78, 5) is 11.1. The van der Waals surface area contributed by atoms with Crippen LogP contribution in [0.1, 0.15) is 12.7 Å². The molecule has 1 aromatic heterocycles. The number of furan rings is 1. The highest BCUT2D eigenvalue weighted by Gasteiger charge is 2.10. The minimum atomic E-state index is 0.103. The molecule has 1 heterocycles. The summed E-state index contributed by atoms with van der Waals surface area (Å²) in [5.74, 6) is 1.61. The number of carbonyl (C=O) groups excluding carboxylic acids is 1. The molecule has 3 aromatic rings. The zero-order valence-electron chi connectivity index (χ0n) is 11.0. The minimum Gasteiger partial charge on any atom is -0.461 e. The fourth-order valence-electron chi connectivity index (χ4n) is 2.34. The lowest BCUT2D eigenvalue weighted by Gasteiger charge is -2.06. The highest BCUT2D eigenvalue weighted by molar-refractivity contribution is 9.10. The van der Waals surface area contributed by atoms with Crippen LogP contribution in [0.15, 0.2) is 57.4 Å². The molecule has 2 nitrogen and oxygen atoms in total. The summed E-state index contributed by atoms with van der Waals surface area (Å²) in [6.45, 7) is 1.57. The van der Waals surface area contributed by atoms with Gasteiger partial charge in [-0.2, -0.15) is 0 Å². The van der Waals surface area contributed by atoms with E-state index in [4.69, 9.17) is 4.42 Å². The van der Waals surface area contributed by atoms with Crippen LogP contribution in [0.25, 0.3) is 22.1 Å². The van der Waals surface area contributed by atoms with Crippen molar-refractivity contribution >= 4 is 32.5 Å². The molecule has 0 unspecified atom stereocenters. The molecular formula is C17H13BrO2. The van der Waals surface area contributed by atoms with Crippen LogP contribution in [0, 0.1) is 0 Å².